The van der Waals surface area contributed by atoms with Gasteiger partial charge in [0, 0.05) is 34.2 Å². The van der Waals surface area contributed by atoms with Crippen LogP contribution >= 0.6 is 22.6 Å². The van der Waals surface area contributed by atoms with Crippen molar-refractivity contribution in [1.29, 1.82) is 0 Å². The molecule has 0 unspecified atom stereocenters. The summed E-state index contributed by atoms with van der Waals surface area (Å²) in [6.07, 6.45) is -4.84. The molecule has 0 N–H and O–H groups in total. The molecular weight excluding hydrogens is 344 g/mol. The molecule has 0 aliphatic heterocycles. The summed E-state index contributed by atoms with van der Waals surface area (Å²) in [5, 5.41) is 10.4. The molecular formula is C7H4F3IN2O3. The van der Waals surface area contributed by atoms with Gasteiger partial charge in [0.2, 0.25) is 0 Å². The lowest BCUT2D eigenvalue weighted by atomic mass is 10.3. The number of alkyl halides is 3. The molecule has 0 atom stereocenters. The van der Waals surface area contributed by atoms with Crippen LogP contribution in [0.15, 0.2) is 6.07 Å². The molecule has 1 aromatic rings. The lowest BCUT2D eigenvalue weighted by Gasteiger charge is -2.10. The molecule has 0 saturated heterocycles. The van der Waals surface area contributed by atoms with Crippen molar-refractivity contribution in [1.82, 2.24) is 4.98 Å². The van der Waals surface area contributed by atoms with E-state index in [1.54, 1.807) is 0 Å². The zero-order valence-corrected chi connectivity index (χ0v) is 9.87. The Balaban J connectivity index is 3.18. The third-order valence-electron chi connectivity index (χ3n) is 1.51. The van der Waals surface area contributed by atoms with Crippen molar-refractivity contribution in [3.8, 4) is 5.75 Å². The number of hydrogen-bond acceptors (Lipinski definition) is 4. The van der Waals surface area contributed by atoms with Crippen LogP contribution in [0.25, 0.3) is 0 Å². The van der Waals surface area contributed by atoms with Crippen molar-refractivity contribution in [2.75, 3.05) is 0 Å². The SMILES string of the molecule is Cc1cc([N+](=O)[O-])nc(I)c1OC(F)(F)F. The molecule has 1 rings (SSSR count). The highest BCUT2D eigenvalue weighted by Gasteiger charge is 2.34. The smallest absolute Gasteiger partial charge is 0.400 e. The van der Waals surface area contributed by atoms with Crippen LogP contribution in [0.4, 0.5) is 19.0 Å². The fourth-order valence-electron chi connectivity index (χ4n) is 0.937. The van der Waals surface area contributed by atoms with Gasteiger partial charge in [-0.3, -0.25) is 0 Å². The van der Waals surface area contributed by atoms with Crippen LogP contribution in [0.2, 0.25) is 0 Å². The predicted molar refractivity (Wildman–Crippen MR) is 55.0 cm³/mol. The minimum absolute atomic E-state index is 0.00317. The second-order valence-electron chi connectivity index (χ2n) is 2.72. The molecule has 0 spiro atoms. The average Bonchev–Trinajstić information content (AvgIpc) is 2.09. The van der Waals surface area contributed by atoms with Gasteiger partial charge in [0.05, 0.1) is 0 Å². The van der Waals surface area contributed by atoms with E-state index in [1.807, 2.05) is 0 Å². The Morgan fingerprint density at radius 1 is 1.56 bits per heavy atom. The topological polar surface area (TPSA) is 65.3 Å². The quantitative estimate of drug-likeness (QED) is 0.357. The number of nitro groups is 1. The monoisotopic (exact) mass is 348 g/mol. The van der Waals surface area contributed by atoms with Crippen LogP contribution in [-0.4, -0.2) is 16.3 Å². The Kier molecular flexibility index (Phi) is 3.55. The first-order valence-corrected chi connectivity index (χ1v) is 4.86. The van der Waals surface area contributed by atoms with Crippen LogP contribution in [0, 0.1) is 20.7 Å². The van der Waals surface area contributed by atoms with Gasteiger partial charge in [0.25, 0.3) is 3.70 Å². The lowest BCUT2D eigenvalue weighted by molar-refractivity contribution is -0.389. The van der Waals surface area contributed by atoms with E-state index in [2.05, 4.69) is 9.72 Å². The first kappa shape index (κ1) is 12.9. The standard InChI is InChI=1S/C7H4F3IN2O3/c1-3-2-4(13(14)15)12-6(11)5(3)16-7(8,9)10/h2H,1H3. The molecule has 0 aromatic carbocycles. The van der Waals surface area contributed by atoms with E-state index < -0.39 is 22.9 Å². The van der Waals surface area contributed by atoms with Crippen molar-refractivity contribution in [2.45, 2.75) is 13.3 Å². The van der Waals surface area contributed by atoms with Gasteiger partial charge in [0.1, 0.15) is 0 Å². The predicted octanol–water partition coefficient (Wildman–Crippen LogP) is 2.80. The summed E-state index contributed by atoms with van der Waals surface area (Å²) in [6, 6.07) is 0.920. The largest absolute Gasteiger partial charge is 0.573 e. The summed E-state index contributed by atoms with van der Waals surface area (Å²) in [7, 11) is 0. The van der Waals surface area contributed by atoms with Crippen LogP contribution < -0.4 is 4.74 Å². The highest BCUT2D eigenvalue weighted by Crippen LogP contribution is 2.31. The van der Waals surface area contributed by atoms with E-state index in [-0.39, 0.29) is 9.26 Å². The van der Waals surface area contributed by atoms with Crippen LogP contribution in [0.3, 0.4) is 0 Å². The maximum absolute atomic E-state index is 12.0. The highest BCUT2D eigenvalue weighted by atomic mass is 127. The van der Waals surface area contributed by atoms with E-state index >= 15 is 0 Å². The van der Waals surface area contributed by atoms with Gasteiger partial charge in [-0.15, -0.1) is 13.2 Å². The maximum Gasteiger partial charge on any atom is 0.573 e. The minimum atomic E-state index is -4.84. The summed E-state index contributed by atoms with van der Waals surface area (Å²) >= 11 is 1.44. The fourth-order valence-corrected chi connectivity index (χ4v) is 1.72. The number of hydrogen-bond donors (Lipinski definition) is 0. The molecule has 16 heavy (non-hydrogen) atoms. The number of nitrogens with zero attached hydrogens (tertiary/aromatic N) is 2. The normalized spacial score (nSPS) is 11.3. The number of rotatable bonds is 2. The summed E-state index contributed by atoms with van der Waals surface area (Å²) in [5.41, 5.74) is 0.00317. The summed E-state index contributed by atoms with van der Waals surface area (Å²) in [4.78, 5) is 13.0. The van der Waals surface area contributed by atoms with Gasteiger partial charge >= 0.3 is 12.2 Å². The first-order chi connectivity index (χ1) is 7.20. The molecule has 0 aliphatic carbocycles. The van der Waals surface area contributed by atoms with E-state index in [0.29, 0.717) is 0 Å². The maximum atomic E-state index is 12.0. The van der Waals surface area contributed by atoms with E-state index in [1.165, 1.54) is 29.5 Å². The molecule has 9 heteroatoms. The second-order valence-corrected chi connectivity index (χ2v) is 3.74. The highest BCUT2D eigenvalue weighted by molar-refractivity contribution is 14.1. The first-order valence-electron chi connectivity index (χ1n) is 3.78. The number of aryl methyl sites for hydroxylation is 1. The van der Waals surface area contributed by atoms with Crippen molar-refractivity contribution >= 4 is 28.4 Å². The molecule has 0 bridgehead atoms. The van der Waals surface area contributed by atoms with E-state index in [0.717, 1.165) is 6.07 Å². The van der Waals surface area contributed by atoms with Gasteiger partial charge < -0.3 is 14.9 Å². The number of halogens is 4. The van der Waals surface area contributed by atoms with E-state index in [9.17, 15) is 23.3 Å². The van der Waals surface area contributed by atoms with Crippen LogP contribution in [-0.2, 0) is 0 Å². The Labute approximate surface area is 101 Å². The Bertz CT molecular complexity index is 412. The van der Waals surface area contributed by atoms with Gasteiger partial charge in [-0.05, 0) is 16.8 Å². The summed E-state index contributed by atoms with van der Waals surface area (Å²) in [6.45, 7) is 1.28. The lowest BCUT2D eigenvalue weighted by Crippen LogP contribution is -2.19. The summed E-state index contributed by atoms with van der Waals surface area (Å²) < 4.78 is 39.4. The average molecular weight is 348 g/mol. The molecule has 88 valence electrons. The fraction of sp³-hybridized carbons (Fsp3) is 0.286. The Hall–Kier alpha value is -1.13. The van der Waals surface area contributed by atoms with Crippen LogP contribution in [0.1, 0.15) is 5.56 Å². The van der Waals surface area contributed by atoms with Gasteiger partial charge in [-0.1, -0.05) is 0 Å². The Morgan fingerprint density at radius 3 is 2.50 bits per heavy atom. The molecule has 0 radical (unpaired) electrons. The third kappa shape index (κ3) is 3.18. The van der Waals surface area contributed by atoms with Crippen LogP contribution in [0.5, 0.6) is 5.75 Å². The van der Waals surface area contributed by atoms with E-state index in [4.69, 9.17) is 0 Å². The van der Waals surface area contributed by atoms with Crippen molar-refractivity contribution < 1.29 is 22.8 Å². The van der Waals surface area contributed by atoms with Gasteiger partial charge in [0.15, 0.2) is 5.75 Å². The van der Waals surface area contributed by atoms with Crippen molar-refractivity contribution in [3.05, 3.63) is 25.4 Å². The zero-order valence-electron chi connectivity index (χ0n) is 7.71. The van der Waals surface area contributed by atoms with Crippen molar-refractivity contribution in [2.24, 2.45) is 0 Å². The molecule has 0 amide bonds. The molecule has 0 saturated carbocycles. The second kappa shape index (κ2) is 4.39. The third-order valence-corrected chi connectivity index (χ3v) is 2.24. The number of ether oxygens (including phenoxy) is 1. The summed E-state index contributed by atoms with van der Waals surface area (Å²) in [5.74, 6) is -1.03. The number of pyridine rings is 1. The van der Waals surface area contributed by atoms with Gasteiger partial charge in [-0.2, -0.15) is 0 Å². The van der Waals surface area contributed by atoms with Crippen molar-refractivity contribution in [3.63, 3.8) is 0 Å². The molecule has 1 heterocycles. The zero-order chi connectivity index (χ0) is 12.5. The molecule has 0 fully saturated rings. The molecule has 0 aliphatic rings. The Morgan fingerprint density at radius 2 is 2.12 bits per heavy atom. The number of aromatic nitrogens is 1. The molecule has 1 aromatic heterocycles. The van der Waals surface area contributed by atoms with Gasteiger partial charge in [-0.25, -0.2) is 0 Å². The molecule has 5 nitrogen and oxygen atoms in total. The minimum Gasteiger partial charge on any atom is -0.400 e.